The summed E-state index contributed by atoms with van der Waals surface area (Å²) in [6.07, 6.45) is 1.37. The molecule has 14 heavy (non-hydrogen) atoms. The van der Waals surface area contributed by atoms with Crippen molar-refractivity contribution < 1.29 is 9.59 Å². The second-order valence-corrected chi connectivity index (χ2v) is 3.11. The maximum Gasteiger partial charge on any atom is 0.221 e. The zero-order valence-corrected chi connectivity index (χ0v) is 8.28. The van der Waals surface area contributed by atoms with E-state index in [9.17, 15) is 9.59 Å². The molecule has 0 heterocycles. The number of Topliss-reactive ketones (excluding diaryl/α,β-unsaturated/α-hetero) is 1. The molecule has 0 aliphatic heterocycles. The van der Waals surface area contributed by atoms with Gasteiger partial charge in [-0.15, -0.1) is 0 Å². The molecule has 1 aromatic rings. The quantitative estimate of drug-likeness (QED) is 0.538. The molecular formula is C12H12O2. The molecule has 0 amide bonds. The van der Waals surface area contributed by atoms with E-state index in [2.05, 4.69) is 0 Å². The number of hydrogen-bond acceptors (Lipinski definition) is 2. The van der Waals surface area contributed by atoms with Crippen LogP contribution in [0.15, 0.2) is 36.4 Å². The minimum absolute atomic E-state index is 0.430. The van der Waals surface area contributed by atoms with Crippen LogP contribution >= 0.6 is 0 Å². The van der Waals surface area contributed by atoms with Crippen LogP contribution in [0.4, 0.5) is 0 Å². The Morgan fingerprint density at radius 2 is 1.64 bits per heavy atom. The molecular weight excluding hydrogens is 176 g/mol. The van der Waals surface area contributed by atoms with Gasteiger partial charge in [0.1, 0.15) is 0 Å². The SMILES string of the molecule is CC(=O)C(=O)C=C(C)c1ccccc1. The topological polar surface area (TPSA) is 34.1 Å². The predicted molar refractivity (Wildman–Crippen MR) is 55.8 cm³/mol. The first-order valence-electron chi connectivity index (χ1n) is 4.40. The fourth-order valence-corrected chi connectivity index (χ4v) is 1.08. The third-order valence-electron chi connectivity index (χ3n) is 1.92. The van der Waals surface area contributed by atoms with Crippen LogP contribution in [0.5, 0.6) is 0 Å². The first kappa shape index (κ1) is 10.4. The summed E-state index contributed by atoms with van der Waals surface area (Å²) < 4.78 is 0. The molecule has 0 aromatic heterocycles. The average molecular weight is 188 g/mol. The van der Waals surface area contributed by atoms with Crippen LogP contribution in [-0.2, 0) is 9.59 Å². The molecule has 0 aliphatic carbocycles. The number of hydrogen-bond donors (Lipinski definition) is 0. The number of rotatable bonds is 3. The van der Waals surface area contributed by atoms with Gasteiger partial charge >= 0.3 is 0 Å². The molecule has 0 spiro atoms. The highest BCUT2D eigenvalue weighted by molar-refractivity contribution is 6.41. The zero-order chi connectivity index (χ0) is 10.6. The molecule has 1 aromatic carbocycles. The van der Waals surface area contributed by atoms with E-state index in [1.165, 1.54) is 13.0 Å². The maximum atomic E-state index is 11.1. The van der Waals surface area contributed by atoms with Crippen molar-refractivity contribution in [2.45, 2.75) is 13.8 Å². The molecule has 72 valence electrons. The molecule has 0 saturated heterocycles. The fourth-order valence-electron chi connectivity index (χ4n) is 1.08. The lowest BCUT2D eigenvalue weighted by Crippen LogP contribution is -2.05. The standard InChI is InChI=1S/C12H12O2/c1-9(8-12(14)10(2)13)11-6-4-3-5-7-11/h3-8H,1-2H3. The lowest BCUT2D eigenvalue weighted by atomic mass is 10.1. The zero-order valence-electron chi connectivity index (χ0n) is 8.28. The van der Waals surface area contributed by atoms with Gasteiger partial charge in [0.15, 0.2) is 5.78 Å². The van der Waals surface area contributed by atoms with Crippen LogP contribution in [0.2, 0.25) is 0 Å². The summed E-state index contributed by atoms with van der Waals surface area (Å²) in [5, 5.41) is 0. The van der Waals surface area contributed by atoms with Crippen molar-refractivity contribution in [2.24, 2.45) is 0 Å². The molecule has 0 atom stereocenters. The predicted octanol–water partition coefficient (Wildman–Crippen LogP) is 2.25. The highest BCUT2D eigenvalue weighted by Gasteiger charge is 2.04. The van der Waals surface area contributed by atoms with Gasteiger partial charge in [-0.3, -0.25) is 9.59 Å². The highest BCUT2D eigenvalue weighted by Crippen LogP contribution is 2.12. The van der Waals surface area contributed by atoms with Crippen molar-refractivity contribution in [3.05, 3.63) is 42.0 Å². The van der Waals surface area contributed by atoms with Gasteiger partial charge in [0.25, 0.3) is 0 Å². The third-order valence-corrected chi connectivity index (χ3v) is 1.92. The van der Waals surface area contributed by atoms with Gasteiger partial charge in [-0.1, -0.05) is 30.3 Å². The Morgan fingerprint density at radius 1 is 1.07 bits per heavy atom. The summed E-state index contributed by atoms with van der Waals surface area (Å²) in [5.74, 6) is -0.883. The van der Waals surface area contributed by atoms with Gasteiger partial charge in [0.2, 0.25) is 5.78 Å². The molecule has 0 fully saturated rings. The Hall–Kier alpha value is -1.70. The van der Waals surface area contributed by atoms with Gasteiger partial charge < -0.3 is 0 Å². The first-order valence-corrected chi connectivity index (χ1v) is 4.40. The molecule has 0 N–H and O–H groups in total. The monoisotopic (exact) mass is 188 g/mol. The van der Waals surface area contributed by atoms with Crippen LogP contribution in [0.25, 0.3) is 5.57 Å². The Kier molecular flexibility index (Phi) is 3.35. The lowest BCUT2D eigenvalue weighted by molar-refractivity contribution is -0.132. The van der Waals surface area contributed by atoms with E-state index >= 15 is 0 Å². The van der Waals surface area contributed by atoms with Crippen molar-refractivity contribution in [3.8, 4) is 0 Å². The minimum atomic E-state index is -0.452. The van der Waals surface area contributed by atoms with Crippen LogP contribution in [0.3, 0.4) is 0 Å². The van der Waals surface area contributed by atoms with Crippen LogP contribution in [0.1, 0.15) is 19.4 Å². The van der Waals surface area contributed by atoms with E-state index in [1.54, 1.807) is 0 Å². The average Bonchev–Trinajstić information content (AvgIpc) is 2.19. The highest BCUT2D eigenvalue weighted by atomic mass is 16.2. The van der Waals surface area contributed by atoms with Crippen molar-refractivity contribution in [1.29, 1.82) is 0 Å². The van der Waals surface area contributed by atoms with E-state index in [-0.39, 0.29) is 0 Å². The number of benzene rings is 1. The normalized spacial score (nSPS) is 11.1. The second kappa shape index (κ2) is 4.51. The largest absolute Gasteiger partial charge is 0.291 e. The van der Waals surface area contributed by atoms with Crippen molar-refractivity contribution >= 4 is 17.1 Å². The van der Waals surface area contributed by atoms with Crippen molar-refractivity contribution in [2.75, 3.05) is 0 Å². The summed E-state index contributed by atoms with van der Waals surface area (Å²) in [4.78, 5) is 21.8. The number of allylic oxidation sites excluding steroid dienone is 2. The number of carbonyl (C=O) groups is 2. The Morgan fingerprint density at radius 3 is 2.14 bits per heavy atom. The molecule has 0 bridgehead atoms. The molecule has 0 saturated carbocycles. The van der Waals surface area contributed by atoms with Gasteiger partial charge in [-0.2, -0.15) is 0 Å². The maximum absolute atomic E-state index is 11.1. The van der Waals surface area contributed by atoms with Crippen LogP contribution in [0, 0.1) is 0 Å². The summed E-state index contributed by atoms with van der Waals surface area (Å²) in [7, 11) is 0. The number of ketones is 2. The smallest absolute Gasteiger partial charge is 0.221 e. The number of carbonyl (C=O) groups excluding carboxylic acids is 2. The first-order chi connectivity index (χ1) is 6.61. The van der Waals surface area contributed by atoms with E-state index < -0.39 is 11.6 Å². The summed E-state index contributed by atoms with van der Waals surface area (Å²) >= 11 is 0. The minimum Gasteiger partial charge on any atom is -0.291 e. The summed E-state index contributed by atoms with van der Waals surface area (Å²) in [5.41, 5.74) is 1.77. The van der Waals surface area contributed by atoms with Crippen LogP contribution in [-0.4, -0.2) is 11.6 Å². The Bertz CT molecular complexity index is 375. The second-order valence-electron chi connectivity index (χ2n) is 3.11. The van der Waals surface area contributed by atoms with E-state index in [0.29, 0.717) is 0 Å². The third kappa shape index (κ3) is 2.66. The molecule has 2 nitrogen and oxygen atoms in total. The van der Waals surface area contributed by atoms with Gasteiger partial charge in [-0.25, -0.2) is 0 Å². The fraction of sp³-hybridized carbons (Fsp3) is 0.167. The summed E-state index contributed by atoms with van der Waals surface area (Å²) in [6, 6.07) is 9.50. The van der Waals surface area contributed by atoms with Crippen molar-refractivity contribution in [3.63, 3.8) is 0 Å². The van der Waals surface area contributed by atoms with E-state index in [0.717, 1.165) is 11.1 Å². The Labute approximate surface area is 83.3 Å². The Balaban J connectivity index is 2.91. The lowest BCUT2D eigenvalue weighted by Gasteiger charge is -1.99. The van der Waals surface area contributed by atoms with Gasteiger partial charge in [0.05, 0.1) is 0 Å². The molecule has 2 heteroatoms. The molecule has 1 rings (SSSR count). The van der Waals surface area contributed by atoms with Gasteiger partial charge in [0, 0.05) is 6.92 Å². The van der Waals surface area contributed by atoms with E-state index in [4.69, 9.17) is 0 Å². The van der Waals surface area contributed by atoms with Gasteiger partial charge in [-0.05, 0) is 24.1 Å². The van der Waals surface area contributed by atoms with Crippen LogP contribution < -0.4 is 0 Å². The molecule has 0 aliphatic rings. The molecule has 0 unspecified atom stereocenters. The van der Waals surface area contributed by atoms with Crippen molar-refractivity contribution in [1.82, 2.24) is 0 Å². The molecule has 0 radical (unpaired) electrons. The van der Waals surface area contributed by atoms with E-state index in [1.807, 2.05) is 37.3 Å². The summed E-state index contributed by atoms with van der Waals surface area (Å²) in [6.45, 7) is 3.09.